The van der Waals surface area contributed by atoms with Crippen LogP contribution >= 0.6 is 0 Å². The standard InChI is InChI=1S/C18H22N2O/c1-13-6-3-4-7-15(13)10-11-18(21)20-12-16-8-5-9-17(19)14(16)2/h3-9H,10-12,19H2,1-2H3,(H,20,21). The first-order valence-electron chi connectivity index (χ1n) is 7.23. The van der Waals surface area contributed by atoms with Crippen LogP contribution in [-0.2, 0) is 17.8 Å². The summed E-state index contributed by atoms with van der Waals surface area (Å²) < 4.78 is 0. The maximum absolute atomic E-state index is 12.0. The molecule has 0 saturated heterocycles. The normalized spacial score (nSPS) is 10.4. The van der Waals surface area contributed by atoms with Gasteiger partial charge in [-0.25, -0.2) is 0 Å². The summed E-state index contributed by atoms with van der Waals surface area (Å²) >= 11 is 0. The number of carbonyl (C=O) groups is 1. The SMILES string of the molecule is Cc1ccccc1CCC(=O)NCc1cccc(N)c1C. The van der Waals surface area contributed by atoms with Crippen LogP contribution in [0, 0.1) is 13.8 Å². The summed E-state index contributed by atoms with van der Waals surface area (Å²) in [6, 6.07) is 14.0. The lowest BCUT2D eigenvalue weighted by atomic mass is 10.0. The lowest BCUT2D eigenvalue weighted by Crippen LogP contribution is -2.23. The van der Waals surface area contributed by atoms with Gasteiger partial charge in [-0.1, -0.05) is 36.4 Å². The van der Waals surface area contributed by atoms with Crippen LogP contribution in [0.15, 0.2) is 42.5 Å². The maximum Gasteiger partial charge on any atom is 0.220 e. The van der Waals surface area contributed by atoms with Crippen molar-refractivity contribution in [3.05, 3.63) is 64.7 Å². The maximum atomic E-state index is 12.0. The zero-order valence-electron chi connectivity index (χ0n) is 12.6. The summed E-state index contributed by atoms with van der Waals surface area (Å²) in [4.78, 5) is 12.0. The monoisotopic (exact) mass is 282 g/mol. The summed E-state index contributed by atoms with van der Waals surface area (Å²) in [7, 11) is 0. The highest BCUT2D eigenvalue weighted by atomic mass is 16.1. The van der Waals surface area contributed by atoms with Crippen molar-refractivity contribution >= 4 is 11.6 Å². The Hall–Kier alpha value is -2.29. The molecule has 3 heteroatoms. The number of rotatable bonds is 5. The molecule has 0 aromatic heterocycles. The van der Waals surface area contributed by atoms with Crippen LogP contribution in [0.3, 0.4) is 0 Å². The number of anilines is 1. The fourth-order valence-electron chi connectivity index (χ4n) is 2.32. The van der Waals surface area contributed by atoms with Gasteiger partial charge >= 0.3 is 0 Å². The van der Waals surface area contributed by atoms with Gasteiger partial charge in [-0.15, -0.1) is 0 Å². The summed E-state index contributed by atoms with van der Waals surface area (Å²) in [5.41, 5.74) is 11.2. The van der Waals surface area contributed by atoms with Gasteiger partial charge < -0.3 is 11.1 Å². The summed E-state index contributed by atoms with van der Waals surface area (Å²) in [5.74, 6) is 0.0695. The topological polar surface area (TPSA) is 55.1 Å². The van der Waals surface area contributed by atoms with E-state index in [1.54, 1.807) is 0 Å². The molecule has 0 aliphatic carbocycles. The van der Waals surface area contributed by atoms with Crippen LogP contribution in [-0.4, -0.2) is 5.91 Å². The minimum absolute atomic E-state index is 0.0695. The quantitative estimate of drug-likeness (QED) is 0.828. The van der Waals surface area contributed by atoms with Gasteiger partial charge in [0.05, 0.1) is 0 Å². The number of carbonyl (C=O) groups excluding carboxylic acids is 1. The molecule has 3 nitrogen and oxygen atoms in total. The van der Waals surface area contributed by atoms with E-state index in [4.69, 9.17) is 5.73 Å². The molecule has 2 rings (SSSR count). The van der Waals surface area contributed by atoms with Crippen LogP contribution in [0.5, 0.6) is 0 Å². The molecule has 0 aliphatic heterocycles. The number of aryl methyl sites for hydroxylation is 2. The van der Waals surface area contributed by atoms with Crippen LogP contribution < -0.4 is 11.1 Å². The summed E-state index contributed by atoms with van der Waals surface area (Å²) in [6.07, 6.45) is 1.28. The molecule has 110 valence electrons. The van der Waals surface area contributed by atoms with E-state index < -0.39 is 0 Å². The first kappa shape index (κ1) is 15.1. The molecule has 21 heavy (non-hydrogen) atoms. The highest BCUT2D eigenvalue weighted by Crippen LogP contribution is 2.15. The largest absolute Gasteiger partial charge is 0.399 e. The highest BCUT2D eigenvalue weighted by molar-refractivity contribution is 5.76. The predicted octanol–water partition coefficient (Wildman–Crippen LogP) is 3.13. The molecule has 0 aliphatic rings. The van der Waals surface area contributed by atoms with Crippen LogP contribution in [0.4, 0.5) is 5.69 Å². The van der Waals surface area contributed by atoms with E-state index in [0.717, 1.165) is 23.2 Å². The number of hydrogen-bond acceptors (Lipinski definition) is 2. The number of amides is 1. The van der Waals surface area contributed by atoms with E-state index in [2.05, 4.69) is 24.4 Å². The average molecular weight is 282 g/mol. The van der Waals surface area contributed by atoms with Gasteiger partial charge in [0, 0.05) is 18.7 Å². The van der Waals surface area contributed by atoms with Gasteiger partial charge in [0.25, 0.3) is 0 Å². The van der Waals surface area contributed by atoms with Gasteiger partial charge in [-0.05, 0) is 48.6 Å². The lowest BCUT2D eigenvalue weighted by molar-refractivity contribution is -0.121. The number of benzene rings is 2. The number of nitrogens with two attached hydrogens (primary N) is 1. The van der Waals surface area contributed by atoms with E-state index in [0.29, 0.717) is 13.0 Å². The van der Waals surface area contributed by atoms with Gasteiger partial charge in [0.15, 0.2) is 0 Å². The third kappa shape index (κ3) is 4.09. The minimum Gasteiger partial charge on any atom is -0.399 e. The fourth-order valence-corrected chi connectivity index (χ4v) is 2.32. The zero-order valence-corrected chi connectivity index (χ0v) is 12.6. The third-order valence-electron chi connectivity index (χ3n) is 3.85. The molecule has 0 radical (unpaired) electrons. The van der Waals surface area contributed by atoms with Crippen molar-refractivity contribution in [2.75, 3.05) is 5.73 Å². The summed E-state index contributed by atoms with van der Waals surface area (Å²) in [6.45, 7) is 4.58. The Balaban J connectivity index is 1.85. The van der Waals surface area contributed by atoms with Crippen molar-refractivity contribution < 1.29 is 4.79 Å². The molecule has 2 aromatic rings. The number of hydrogen-bond donors (Lipinski definition) is 2. The van der Waals surface area contributed by atoms with Crippen molar-refractivity contribution in [3.63, 3.8) is 0 Å². The van der Waals surface area contributed by atoms with Gasteiger partial charge in [-0.2, -0.15) is 0 Å². The average Bonchev–Trinajstić information content (AvgIpc) is 2.48. The molecule has 0 heterocycles. The van der Waals surface area contributed by atoms with Crippen LogP contribution in [0.25, 0.3) is 0 Å². The fraction of sp³-hybridized carbons (Fsp3) is 0.278. The van der Waals surface area contributed by atoms with E-state index in [-0.39, 0.29) is 5.91 Å². The van der Waals surface area contributed by atoms with Crippen LogP contribution in [0.2, 0.25) is 0 Å². The molecular formula is C18H22N2O. The molecule has 0 saturated carbocycles. The Morgan fingerprint density at radius 1 is 1.05 bits per heavy atom. The van der Waals surface area contributed by atoms with Crippen molar-refractivity contribution in [2.45, 2.75) is 33.2 Å². The van der Waals surface area contributed by atoms with E-state index in [9.17, 15) is 4.79 Å². The first-order valence-corrected chi connectivity index (χ1v) is 7.23. The molecule has 0 spiro atoms. The van der Waals surface area contributed by atoms with Gasteiger partial charge in [0.1, 0.15) is 0 Å². The lowest BCUT2D eigenvalue weighted by Gasteiger charge is -2.10. The van der Waals surface area contributed by atoms with Crippen molar-refractivity contribution in [2.24, 2.45) is 0 Å². The Labute approximate surface area is 126 Å². The Morgan fingerprint density at radius 3 is 2.52 bits per heavy atom. The van der Waals surface area contributed by atoms with Gasteiger partial charge in [0.2, 0.25) is 5.91 Å². The Morgan fingerprint density at radius 2 is 1.76 bits per heavy atom. The molecule has 2 aromatic carbocycles. The predicted molar refractivity (Wildman–Crippen MR) is 86.9 cm³/mol. The zero-order chi connectivity index (χ0) is 15.2. The third-order valence-corrected chi connectivity index (χ3v) is 3.85. The van der Waals surface area contributed by atoms with E-state index in [1.165, 1.54) is 11.1 Å². The van der Waals surface area contributed by atoms with Crippen molar-refractivity contribution in [1.29, 1.82) is 0 Å². The second-order valence-electron chi connectivity index (χ2n) is 5.33. The van der Waals surface area contributed by atoms with Crippen molar-refractivity contribution in [1.82, 2.24) is 5.32 Å². The molecule has 3 N–H and O–H groups in total. The summed E-state index contributed by atoms with van der Waals surface area (Å²) in [5, 5.41) is 2.96. The highest BCUT2D eigenvalue weighted by Gasteiger charge is 2.06. The molecule has 1 amide bonds. The Kier molecular flexibility index (Phi) is 4.99. The number of nitrogen functional groups attached to an aromatic ring is 1. The first-order chi connectivity index (χ1) is 10.1. The van der Waals surface area contributed by atoms with E-state index >= 15 is 0 Å². The molecule has 0 fully saturated rings. The van der Waals surface area contributed by atoms with Gasteiger partial charge in [-0.3, -0.25) is 4.79 Å². The van der Waals surface area contributed by atoms with Crippen molar-refractivity contribution in [3.8, 4) is 0 Å². The second kappa shape index (κ2) is 6.93. The molecular weight excluding hydrogens is 260 g/mol. The second-order valence-corrected chi connectivity index (χ2v) is 5.33. The molecule has 0 bridgehead atoms. The smallest absolute Gasteiger partial charge is 0.220 e. The minimum atomic E-state index is 0.0695. The van der Waals surface area contributed by atoms with E-state index in [1.807, 2.05) is 37.3 Å². The van der Waals surface area contributed by atoms with Crippen LogP contribution in [0.1, 0.15) is 28.7 Å². The number of nitrogens with one attached hydrogen (secondary N) is 1. The molecule has 0 unspecified atom stereocenters. The molecule has 0 atom stereocenters. The Bertz CT molecular complexity index is 635.